The largest absolute Gasteiger partial charge is 0.545 e. The summed E-state index contributed by atoms with van der Waals surface area (Å²) in [6, 6.07) is 0. The lowest BCUT2D eigenvalue weighted by molar-refractivity contribution is -0.870. The molecule has 0 fully saturated rings. The average Bonchev–Trinajstić information content (AvgIpc) is 3.42. The Kier molecular flexibility index (Phi) is 54.0. The van der Waals surface area contributed by atoms with Crippen molar-refractivity contribution >= 4 is 17.9 Å². The Bertz CT molecular complexity index is 1990. The summed E-state index contributed by atoms with van der Waals surface area (Å²) in [5, 5.41) is 11.8. The summed E-state index contributed by atoms with van der Waals surface area (Å²) in [4.78, 5) is 37.3. The number of carboxylic acids is 1. The molecule has 0 aromatic heterocycles. The summed E-state index contributed by atoms with van der Waals surface area (Å²) in [6.07, 6.45) is 87.7. The molecule has 0 aromatic rings. The van der Waals surface area contributed by atoms with Crippen molar-refractivity contribution < 1.29 is 42.9 Å². The van der Waals surface area contributed by atoms with Crippen molar-refractivity contribution in [1.29, 1.82) is 0 Å². The van der Waals surface area contributed by atoms with Crippen LogP contribution >= 0.6 is 0 Å². The molecule has 0 aliphatic heterocycles. The Morgan fingerprint density at radius 3 is 1.03 bits per heavy atom. The van der Waals surface area contributed by atoms with Gasteiger partial charge in [0.1, 0.15) is 13.2 Å². The Balaban J connectivity index is 4.49. The molecular formula is C70H105NO8. The van der Waals surface area contributed by atoms with Gasteiger partial charge in [-0.3, -0.25) is 9.59 Å². The highest BCUT2D eigenvalue weighted by Gasteiger charge is 2.21. The van der Waals surface area contributed by atoms with E-state index in [1.54, 1.807) is 0 Å². The molecule has 0 radical (unpaired) electrons. The highest BCUT2D eigenvalue weighted by molar-refractivity contribution is 5.70. The lowest BCUT2D eigenvalue weighted by Gasteiger charge is -2.26. The fourth-order valence-electron chi connectivity index (χ4n) is 6.87. The number of unbranched alkanes of at least 4 members (excludes halogenated alkanes) is 4. The topological polar surface area (TPSA) is 111 Å². The van der Waals surface area contributed by atoms with Gasteiger partial charge in [-0.1, -0.05) is 215 Å². The number of rotatable bonds is 51. The van der Waals surface area contributed by atoms with E-state index >= 15 is 0 Å². The Labute approximate surface area is 481 Å². The fourth-order valence-corrected chi connectivity index (χ4v) is 6.87. The van der Waals surface area contributed by atoms with Gasteiger partial charge in [0.25, 0.3) is 0 Å². The molecule has 0 N–H and O–H groups in total. The molecule has 0 bridgehead atoms. The van der Waals surface area contributed by atoms with Gasteiger partial charge < -0.3 is 33.3 Å². The van der Waals surface area contributed by atoms with Crippen LogP contribution in [0.1, 0.15) is 168 Å². The first-order valence-corrected chi connectivity index (χ1v) is 29.6. The first-order valence-electron chi connectivity index (χ1n) is 29.6. The van der Waals surface area contributed by atoms with Crippen molar-refractivity contribution in [3.05, 3.63) is 194 Å². The quantitative estimate of drug-likeness (QED) is 0.0195. The molecule has 9 heteroatoms. The normalized spacial score (nSPS) is 14.2. The number of carbonyl (C=O) groups is 3. The molecule has 0 heterocycles. The van der Waals surface area contributed by atoms with Crippen molar-refractivity contribution in [1.82, 2.24) is 0 Å². The van der Waals surface area contributed by atoms with Crippen molar-refractivity contribution in [3.63, 3.8) is 0 Å². The van der Waals surface area contributed by atoms with Crippen molar-refractivity contribution in [2.75, 3.05) is 47.5 Å². The van der Waals surface area contributed by atoms with E-state index in [-0.39, 0.29) is 32.7 Å². The number of aliphatic carboxylic acids is 1. The smallest absolute Gasteiger partial charge is 0.306 e. The Morgan fingerprint density at radius 2 is 0.696 bits per heavy atom. The molecule has 9 nitrogen and oxygen atoms in total. The minimum absolute atomic E-state index is 0.118. The molecule has 0 amide bonds. The zero-order valence-electron chi connectivity index (χ0n) is 49.6. The number of allylic oxidation sites excluding steroid dienone is 32. The van der Waals surface area contributed by atoms with Crippen molar-refractivity contribution in [3.8, 4) is 0 Å². The van der Waals surface area contributed by atoms with Gasteiger partial charge >= 0.3 is 11.9 Å². The number of hydrogen-bond acceptors (Lipinski definition) is 8. The summed E-state index contributed by atoms with van der Waals surface area (Å²) >= 11 is 0. The summed E-state index contributed by atoms with van der Waals surface area (Å²) in [5.41, 5.74) is 0. The monoisotopic (exact) mass is 1090 g/mol. The van der Waals surface area contributed by atoms with E-state index in [1.165, 1.54) is 0 Å². The van der Waals surface area contributed by atoms with Gasteiger partial charge in [-0.15, -0.1) is 0 Å². The van der Waals surface area contributed by atoms with E-state index in [0.717, 1.165) is 122 Å². The number of likely N-dealkylation sites (N-methyl/N-ethyl adjacent to an activating group) is 1. The molecule has 0 saturated heterocycles. The summed E-state index contributed by atoms with van der Waals surface area (Å²) < 4.78 is 22.6. The van der Waals surface area contributed by atoms with Crippen LogP contribution in [0.2, 0.25) is 0 Å². The van der Waals surface area contributed by atoms with Crippen LogP contribution in [-0.2, 0) is 33.3 Å². The molecule has 0 aliphatic rings. The maximum absolute atomic E-state index is 12.9. The summed E-state index contributed by atoms with van der Waals surface area (Å²) in [7, 11) is 5.87. The third-order valence-electron chi connectivity index (χ3n) is 11.3. The Morgan fingerprint density at radius 1 is 0.380 bits per heavy atom. The number of quaternary nitrogens is 1. The van der Waals surface area contributed by atoms with Crippen LogP contribution in [0.5, 0.6) is 0 Å². The zero-order chi connectivity index (χ0) is 57.6. The number of hydrogen-bond donors (Lipinski definition) is 0. The van der Waals surface area contributed by atoms with Crippen LogP contribution in [-0.4, -0.2) is 82.3 Å². The van der Waals surface area contributed by atoms with Crippen LogP contribution in [0.25, 0.3) is 0 Å². The van der Waals surface area contributed by atoms with Gasteiger partial charge in [-0.25, -0.2) is 0 Å². The van der Waals surface area contributed by atoms with Gasteiger partial charge in [0.05, 0.1) is 40.3 Å². The third kappa shape index (κ3) is 59.6. The van der Waals surface area contributed by atoms with Gasteiger partial charge in [0.2, 0.25) is 0 Å². The first kappa shape index (κ1) is 73.1. The molecule has 2 unspecified atom stereocenters. The second-order valence-corrected chi connectivity index (χ2v) is 19.8. The highest BCUT2D eigenvalue weighted by atomic mass is 16.7. The molecule has 0 saturated carbocycles. The van der Waals surface area contributed by atoms with E-state index in [9.17, 15) is 19.5 Å². The van der Waals surface area contributed by atoms with E-state index in [4.69, 9.17) is 18.9 Å². The first-order chi connectivity index (χ1) is 38.6. The van der Waals surface area contributed by atoms with Crippen LogP contribution < -0.4 is 5.11 Å². The lowest BCUT2D eigenvalue weighted by Crippen LogP contribution is -2.44. The molecule has 2 atom stereocenters. The molecule has 0 aromatic carbocycles. The summed E-state index contributed by atoms with van der Waals surface area (Å²) in [6.45, 7) is 4.37. The molecule has 438 valence electrons. The zero-order valence-corrected chi connectivity index (χ0v) is 49.6. The van der Waals surface area contributed by atoms with E-state index < -0.39 is 30.3 Å². The molecule has 0 aliphatic carbocycles. The maximum Gasteiger partial charge on any atom is 0.306 e. The second kappa shape index (κ2) is 58.3. The predicted octanol–water partition coefficient (Wildman–Crippen LogP) is 16.6. The molecule has 0 spiro atoms. The maximum atomic E-state index is 12.9. The SMILES string of the molecule is CC/C=C\C/C=C\C/C=C\C/C=C\C/C=C\C/C=C\C/C=C\C/C=C\C/C=C\CCCC(=O)OC(COC(=O)CCCCC/C=C\C/C=C\C/C=C\C/C=C\C/C=C\C/C=C\C/C=C\CC)COC(OCC[N+](C)(C)C)C(=O)[O-]. The number of esters is 2. The standard InChI is InChI=1S/C70H105NO8/c1-6-8-10-12-14-16-18-20-22-24-26-28-30-32-33-34-35-37-39-41-43-45-47-49-51-53-55-57-59-61-68(73)79-66(65-78-70(69(74)75)76-63-62-71(3,4)5)64-77-67(72)60-58-56-54-52-50-48-46-44-42-40-38-36-31-29-27-25-23-21-19-17-15-13-11-9-7-2/h8-11,14-17,20-23,26-29,32-33,35-38,41-44,47-50,53,55,66,70H,6-7,12-13,18-19,24-25,30-31,34,39-40,45-46,51-52,54,56-65H2,1-5H3/b10-8-,11-9-,16-14-,17-15-,22-20-,23-21-,28-26-,29-27-,33-32-,37-35-,38-36-,43-41-,44-42-,49-47-,50-48-,55-53-. The van der Waals surface area contributed by atoms with Crippen LogP contribution in [0, 0.1) is 0 Å². The number of carbonyl (C=O) groups excluding carboxylic acids is 3. The lowest BCUT2D eigenvalue weighted by atomic mass is 10.1. The average molecular weight is 1090 g/mol. The van der Waals surface area contributed by atoms with Crippen molar-refractivity contribution in [2.45, 2.75) is 180 Å². The van der Waals surface area contributed by atoms with Gasteiger partial charge in [-0.2, -0.15) is 0 Å². The van der Waals surface area contributed by atoms with Crippen molar-refractivity contribution in [2.24, 2.45) is 0 Å². The van der Waals surface area contributed by atoms with E-state index in [0.29, 0.717) is 30.3 Å². The van der Waals surface area contributed by atoms with Gasteiger partial charge in [0.15, 0.2) is 12.4 Å². The Hall–Kier alpha value is -5.87. The summed E-state index contributed by atoms with van der Waals surface area (Å²) in [5.74, 6) is -2.44. The van der Waals surface area contributed by atoms with Crippen LogP contribution in [0.4, 0.5) is 0 Å². The van der Waals surface area contributed by atoms with Gasteiger partial charge in [0, 0.05) is 12.8 Å². The molecular weight excluding hydrogens is 983 g/mol. The fraction of sp³-hybridized carbons (Fsp3) is 0.500. The predicted molar refractivity (Wildman–Crippen MR) is 333 cm³/mol. The molecule has 0 rings (SSSR count). The number of carboxylic acid groups (broad SMARTS) is 1. The van der Waals surface area contributed by atoms with Gasteiger partial charge in [-0.05, 0) is 135 Å². The minimum atomic E-state index is -1.66. The van der Waals surface area contributed by atoms with Crippen LogP contribution in [0.15, 0.2) is 194 Å². The highest BCUT2D eigenvalue weighted by Crippen LogP contribution is 2.10. The van der Waals surface area contributed by atoms with E-state index in [2.05, 4.69) is 202 Å². The number of nitrogens with zero attached hydrogens (tertiary/aromatic N) is 1. The third-order valence-corrected chi connectivity index (χ3v) is 11.3. The van der Waals surface area contributed by atoms with Crippen LogP contribution in [0.3, 0.4) is 0 Å². The minimum Gasteiger partial charge on any atom is -0.545 e. The molecule has 79 heavy (non-hydrogen) atoms. The van der Waals surface area contributed by atoms with E-state index in [1.807, 2.05) is 27.2 Å². The second-order valence-electron chi connectivity index (χ2n) is 19.8. The number of ether oxygens (including phenoxy) is 4.